The van der Waals surface area contributed by atoms with Crippen LogP contribution >= 0.6 is 0 Å². The second-order valence-electron chi connectivity index (χ2n) is 4.07. The lowest BCUT2D eigenvalue weighted by molar-refractivity contribution is 0.711. The van der Waals surface area contributed by atoms with Crippen LogP contribution in [0, 0.1) is 13.8 Å². The van der Waals surface area contributed by atoms with Crippen molar-refractivity contribution in [3.63, 3.8) is 0 Å². The van der Waals surface area contributed by atoms with Gasteiger partial charge in [0.1, 0.15) is 5.69 Å². The Balaban J connectivity index is 2.36. The van der Waals surface area contributed by atoms with Crippen LogP contribution in [0.1, 0.15) is 23.9 Å². The number of hydrogen-bond acceptors (Lipinski definition) is 5. The van der Waals surface area contributed by atoms with E-state index >= 15 is 0 Å². The zero-order chi connectivity index (χ0) is 13.0. The van der Waals surface area contributed by atoms with Crippen molar-refractivity contribution in [3.05, 3.63) is 35.5 Å². The predicted molar refractivity (Wildman–Crippen MR) is 69.9 cm³/mol. The molecule has 1 N–H and O–H groups in total. The van der Waals surface area contributed by atoms with Gasteiger partial charge in [0.05, 0.1) is 6.20 Å². The Bertz CT molecular complexity index is 501. The zero-order valence-electron chi connectivity index (χ0n) is 10.9. The summed E-state index contributed by atoms with van der Waals surface area (Å²) in [6.07, 6.45) is 4.97. The molecule has 0 saturated carbocycles. The average Bonchev–Trinajstić information content (AvgIpc) is 2.39. The van der Waals surface area contributed by atoms with Gasteiger partial charge in [0.2, 0.25) is 0 Å². The molecule has 0 aliphatic carbocycles. The van der Waals surface area contributed by atoms with Crippen molar-refractivity contribution in [2.45, 2.75) is 27.3 Å². The van der Waals surface area contributed by atoms with Crippen LogP contribution in [0.4, 0.5) is 0 Å². The second kappa shape index (κ2) is 5.64. The van der Waals surface area contributed by atoms with E-state index in [1.165, 1.54) is 0 Å². The molecule has 0 bridgehead atoms. The van der Waals surface area contributed by atoms with E-state index in [4.69, 9.17) is 0 Å². The van der Waals surface area contributed by atoms with Crippen LogP contribution in [0.5, 0.6) is 0 Å². The molecule has 5 nitrogen and oxygen atoms in total. The highest BCUT2D eigenvalue weighted by Gasteiger charge is 2.10. The lowest BCUT2D eigenvalue weighted by Crippen LogP contribution is -2.15. The molecular weight excluding hydrogens is 226 g/mol. The van der Waals surface area contributed by atoms with Gasteiger partial charge >= 0.3 is 0 Å². The van der Waals surface area contributed by atoms with Gasteiger partial charge in [0, 0.05) is 35.9 Å². The number of aryl methyl sites for hydroxylation is 2. The van der Waals surface area contributed by atoms with Crippen LogP contribution in [0.25, 0.3) is 11.5 Å². The second-order valence-corrected chi connectivity index (χ2v) is 4.07. The minimum atomic E-state index is 0.637. The molecule has 0 aliphatic heterocycles. The van der Waals surface area contributed by atoms with Gasteiger partial charge in [-0.2, -0.15) is 0 Å². The fraction of sp³-hybridized carbons (Fsp3) is 0.385. The Labute approximate surface area is 107 Å². The smallest absolute Gasteiger partial charge is 0.180 e. The van der Waals surface area contributed by atoms with Crippen LogP contribution < -0.4 is 5.32 Å². The number of rotatable bonds is 4. The molecule has 0 amide bonds. The Hall–Kier alpha value is -1.88. The first kappa shape index (κ1) is 12.6. The first-order valence-corrected chi connectivity index (χ1v) is 6.03. The standard InChI is InChI=1S/C13H17N5/c1-4-14-7-11-9(2)17-13(18-10(11)3)12-8-15-5-6-16-12/h5-6,8,14H,4,7H2,1-3H3. The third-order valence-electron chi connectivity index (χ3n) is 2.76. The van der Waals surface area contributed by atoms with E-state index in [1.807, 2.05) is 13.8 Å². The first-order valence-electron chi connectivity index (χ1n) is 6.03. The van der Waals surface area contributed by atoms with Crippen LogP contribution in [0.3, 0.4) is 0 Å². The number of nitrogens with one attached hydrogen (secondary N) is 1. The monoisotopic (exact) mass is 243 g/mol. The van der Waals surface area contributed by atoms with Crippen molar-refractivity contribution in [3.8, 4) is 11.5 Å². The topological polar surface area (TPSA) is 63.6 Å². The van der Waals surface area contributed by atoms with Crippen LogP contribution in [0.2, 0.25) is 0 Å². The van der Waals surface area contributed by atoms with Gasteiger partial charge in [-0.1, -0.05) is 6.92 Å². The van der Waals surface area contributed by atoms with Crippen molar-refractivity contribution < 1.29 is 0 Å². The molecule has 0 aliphatic rings. The summed E-state index contributed by atoms with van der Waals surface area (Å²) in [5.74, 6) is 0.637. The fourth-order valence-electron chi connectivity index (χ4n) is 1.77. The SMILES string of the molecule is CCNCc1c(C)nc(-c2cnccn2)nc1C. The third kappa shape index (κ3) is 2.68. The van der Waals surface area contributed by atoms with Gasteiger partial charge in [-0.25, -0.2) is 15.0 Å². The minimum absolute atomic E-state index is 0.637. The third-order valence-corrected chi connectivity index (χ3v) is 2.76. The van der Waals surface area contributed by atoms with E-state index in [-0.39, 0.29) is 0 Å². The number of aromatic nitrogens is 4. The van der Waals surface area contributed by atoms with Crippen molar-refractivity contribution in [1.82, 2.24) is 25.3 Å². The molecule has 0 unspecified atom stereocenters. The number of nitrogens with zero attached hydrogens (tertiary/aromatic N) is 4. The maximum Gasteiger partial charge on any atom is 0.180 e. The molecule has 94 valence electrons. The molecule has 0 radical (unpaired) electrons. The molecule has 0 aromatic carbocycles. The molecule has 2 aromatic heterocycles. The normalized spacial score (nSPS) is 10.6. The molecule has 5 heteroatoms. The maximum atomic E-state index is 4.50. The largest absolute Gasteiger partial charge is 0.313 e. The molecule has 0 atom stereocenters. The van der Waals surface area contributed by atoms with Crippen molar-refractivity contribution >= 4 is 0 Å². The van der Waals surface area contributed by atoms with Crippen LogP contribution in [0.15, 0.2) is 18.6 Å². The fourth-order valence-corrected chi connectivity index (χ4v) is 1.77. The molecule has 2 heterocycles. The summed E-state index contributed by atoms with van der Waals surface area (Å²) in [5.41, 5.74) is 3.84. The highest BCUT2D eigenvalue weighted by atomic mass is 14.9. The Morgan fingerprint density at radius 1 is 1.11 bits per heavy atom. The summed E-state index contributed by atoms with van der Waals surface area (Å²) >= 11 is 0. The van der Waals surface area contributed by atoms with Gasteiger partial charge in [0.25, 0.3) is 0 Å². The van der Waals surface area contributed by atoms with E-state index in [1.54, 1.807) is 18.6 Å². The van der Waals surface area contributed by atoms with Crippen molar-refractivity contribution in [2.24, 2.45) is 0 Å². The molecule has 18 heavy (non-hydrogen) atoms. The molecule has 2 aromatic rings. The molecular formula is C13H17N5. The summed E-state index contributed by atoms with van der Waals surface area (Å²) in [5, 5.41) is 3.30. The van der Waals surface area contributed by atoms with Crippen molar-refractivity contribution in [2.75, 3.05) is 6.54 Å². The summed E-state index contributed by atoms with van der Waals surface area (Å²) in [7, 11) is 0. The number of hydrogen-bond donors (Lipinski definition) is 1. The molecule has 0 spiro atoms. The van der Waals surface area contributed by atoms with Gasteiger partial charge in [-0.3, -0.25) is 4.98 Å². The molecule has 0 fully saturated rings. The van der Waals surface area contributed by atoms with E-state index in [0.29, 0.717) is 11.5 Å². The predicted octanol–water partition coefficient (Wildman–Crippen LogP) is 1.66. The lowest BCUT2D eigenvalue weighted by atomic mass is 10.1. The summed E-state index contributed by atoms with van der Waals surface area (Å²) in [6.45, 7) is 7.82. The Kier molecular flexibility index (Phi) is 3.94. The Morgan fingerprint density at radius 3 is 2.39 bits per heavy atom. The average molecular weight is 243 g/mol. The van der Waals surface area contributed by atoms with E-state index in [0.717, 1.165) is 30.0 Å². The highest BCUT2D eigenvalue weighted by Crippen LogP contribution is 2.16. The van der Waals surface area contributed by atoms with Crippen molar-refractivity contribution in [1.29, 1.82) is 0 Å². The van der Waals surface area contributed by atoms with Crippen LogP contribution in [-0.4, -0.2) is 26.5 Å². The van der Waals surface area contributed by atoms with Gasteiger partial charge in [-0.05, 0) is 20.4 Å². The summed E-state index contributed by atoms with van der Waals surface area (Å²) in [4.78, 5) is 17.3. The molecule has 0 saturated heterocycles. The van der Waals surface area contributed by atoms with E-state index in [2.05, 4.69) is 32.2 Å². The Morgan fingerprint density at radius 2 is 1.83 bits per heavy atom. The zero-order valence-corrected chi connectivity index (χ0v) is 10.9. The van der Waals surface area contributed by atoms with Gasteiger partial charge in [0.15, 0.2) is 5.82 Å². The van der Waals surface area contributed by atoms with E-state index < -0.39 is 0 Å². The summed E-state index contributed by atoms with van der Waals surface area (Å²) in [6, 6.07) is 0. The van der Waals surface area contributed by atoms with E-state index in [9.17, 15) is 0 Å². The minimum Gasteiger partial charge on any atom is -0.313 e. The quantitative estimate of drug-likeness (QED) is 0.884. The van der Waals surface area contributed by atoms with Gasteiger partial charge < -0.3 is 5.32 Å². The first-order chi connectivity index (χ1) is 8.72. The maximum absolute atomic E-state index is 4.50. The summed E-state index contributed by atoms with van der Waals surface area (Å²) < 4.78 is 0. The lowest BCUT2D eigenvalue weighted by Gasteiger charge is -2.10. The highest BCUT2D eigenvalue weighted by molar-refractivity contribution is 5.48. The molecule has 2 rings (SSSR count). The van der Waals surface area contributed by atoms with Crippen LogP contribution in [-0.2, 0) is 6.54 Å². The van der Waals surface area contributed by atoms with Gasteiger partial charge in [-0.15, -0.1) is 0 Å².